The number of rotatable bonds is 5. The third-order valence-electron chi connectivity index (χ3n) is 4.75. The van der Waals surface area contributed by atoms with Crippen molar-refractivity contribution < 1.29 is 0 Å². The Morgan fingerprint density at radius 3 is 2.74 bits per heavy atom. The lowest BCUT2D eigenvalue weighted by atomic mass is 9.83. The summed E-state index contributed by atoms with van der Waals surface area (Å²) >= 11 is 1.99. The summed E-state index contributed by atoms with van der Waals surface area (Å²) in [6.45, 7) is 7.53. The molecule has 2 nitrogen and oxygen atoms in total. The van der Waals surface area contributed by atoms with Crippen LogP contribution in [0.25, 0.3) is 0 Å². The second kappa shape index (κ2) is 8.53. The molecular weight excluding hydrogens is 252 g/mol. The van der Waals surface area contributed by atoms with E-state index in [1.807, 2.05) is 11.8 Å². The van der Waals surface area contributed by atoms with Crippen LogP contribution in [0.5, 0.6) is 0 Å². The van der Waals surface area contributed by atoms with E-state index in [1.165, 1.54) is 70.5 Å². The molecule has 1 heterocycles. The molecule has 1 N–H and O–H groups in total. The minimum atomic E-state index is 0.768. The van der Waals surface area contributed by atoms with Gasteiger partial charge in [0.25, 0.3) is 0 Å². The Bertz CT molecular complexity index is 241. The number of thioether (sulfide) groups is 1. The zero-order valence-electron chi connectivity index (χ0n) is 12.9. The van der Waals surface area contributed by atoms with Crippen LogP contribution in [0.2, 0.25) is 0 Å². The Morgan fingerprint density at radius 1 is 1.21 bits per heavy atom. The lowest BCUT2D eigenvalue weighted by Crippen LogP contribution is -2.44. The Kier molecular flexibility index (Phi) is 7.03. The van der Waals surface area contributed by atoms with Gasteiger partial charge in [0, 0.05) is 19.1 Å². The molecule has 0 spiro atoms. The molecule has 112 valence electrons. The predicted octanol–water partition coefficient (Wildman–Crippen LogP) is 3.23. The number of nitrogens with one attached hydrogen (secondary N) is 1. The van der Waals surface area contributed by atoms with Crippen molar-refractivity contribution in [1.82, 2.24) is 10.2 Å². The SMILES string of the molecule is CSCC(C)CN1CCCNC(C2CCCCC2)C1. The average molecular weight is 285 g/mol. The highest BCUT2D eigenvalue weighted by Gasteiger charge is 2.27. The topological polar surface area (TPSA) is 15.3 Å². The molecule has 0 aromatic heterocycles. The van der Waals surface area contributed by atoms with Crippen LogP contribution in [-0.4, -0.2) is 49.1 Å². The molecule has 0 aromatic carbocycles. The molecule has 1 aliphatic heterocycles. The molecule has 3 heteroatoms. The first-order chi connectivity index (χ1) is 9.29. The number of hydrogen-bond donors (Lipinski definition) is 1. The molecule has 2 rings (SSSR count). The molecule has 2 unspecified atom stereocenters. The van der Waals surface area contributed by atoms with Crippen LogP contribution in [0.3, 0.4) is 0 Å². The van der Waals surface area contributed by atoms with E-state index in [0.29, 0.717) is 0 Å². The first-order valence-corrected chi connectivity index (χ1v) is 9.63. The maximum atomic E-state index is 3.84. The van der Waals surface area contributed by atoms with Crippen LogP contribution in [0, 0.1) is 11.8 Å². The van der Waals surface area contributed by atoms with Gasteiger partial charge in [-0.25, -0.2) is 0 Å². The number of nitrogens with zero attached hydrogens (tertiary/aromatic N) is 1. The first kappa shape index (κ1) is 15.7. The average Bonchev–Trinajstić information content (AvgIpc) is 2.65. The minimum absolute atomic E-state index is 0.768. The van der Waals surface area contributed by atoms with Gasteiger partial charge in [-0.3, -0.25) is 0 Å². The van der Waals surface area contributed by atoms with E-state index in [2.05, 4.69) is 23.4 Å². The second-order valence-corrected chi connectivity index (χ2v) is 7.54. The van der Waals surface area contributed by atoms with Gasteiger partial charge in [0.05, 0.1) is 0 Å². The third-order valence-corrected chi connectivity index (χ3v) is 5.65. The van der Waals surface area contributed by atoms with Crippen LogP contribution in [0.4, 0.5) is 0 Å². The van der Waals surface area contributed by atoms with Crippen molar-refractivity contribution in [3.05, 3.63) is 0 Å². The van der Waals surface area contributed by atoms with E-state index < -0.39 is 0 Å². The van der Waals surface area contributed by atoms with Gasteiger partial charge in [-0.05, 0) is 56.2 Å². The van der Waals surface area contributed by atoms with E-state index in [0.717, 1.165) is 17.9 Å². The van der Waals surface area contributed by atoms with Crippen LogP contribution >= 0.6 is 11.8 Å². The van der Waals surface area contributed by atoms with Crippen molar-refractivity contribution >= 4 is 11.8 Å². The van der Waals surface area contributed by atoms with Crippen molar-refractivity contribution in [3.8, 4) is 0 Å². The van der Waals surface area contributed by atoms with Crippen molar-refractivity contribution in [2.45, 2.75) is 51.5 Å². The molecule has 2 fully saturated rings. The van der Waals surface area contributed by atoms with Crippen molar-refractivity contribution in [2.24, 2.45) is 11.8 Å². The fourth-order valence-corrected chi connectivity index (χ4v) is 4.49. The summed E-state index contributed by atoms with van der Waals surface area (Å²) in [5.41, 5.74) is 0. The largest absolute Gasteiger partial charge is 0.312 e. The van der Waals surface area contributed by atoms with Crippen LogP contribution in [-0.2, 0) is 0 Å². The van der Waals surface area contributed by atoms with Gasteiger partial charge in [-0.1, -0.05) is 26.2 Å². The fourth-order valence-electron chi connectivity index (χ4n) is 3.82. The highest BCUT2D eigenvalue weighted by Crippen LogP contribution is 2.27. The fraction of sp³-hybridized carbons (Fsp3) is 1.00. The Morgan fingerprint density at radius 2 is 2.00 bits per heavy atom. The molecule has 19 heavy (non-hydrogen) atoms. The van der Waals surface area contributed by atoms with E-state index in [4.69, 9.17) is 0 Å². The molecule has 2 atom stereocenters. The van der Waals surface area contributed by atoms with Crippen LogP contribution in [0.15, 0.2) is 0 Å². The molecule has 1 aliphatic carbocycles. The van der Waals surface area contributed by atoms with Gasteiger partial charge in [0.15, 0.2) is 0 Å². The van der Waals surface area contributed by atoms with Gasteiger partial charge in [-0.15, -0.1) is 0 Å². The summed E-state index contributed by atoms with van der Waals surface area (Å²) in [6.07, 6.45) is 10.9. The molecule has 0 radical (unpaired) electrons. The Labute approximate surface area is 124 Å². The van der Waals surface area contributed by atoms with Crippen molar-refractivity contribution in [2.75, 3.05) is 38.2 Å². The molecular formula is C16H32N2S. The van der Waals surface area contributed by atoms with Gasteiger partial charge in [-0.2, -0.15) is 11.8 Å². The summed E-state index contributed by atoms with van der Waals surface area (Å²) in [6, 6.07) is 0.768. The monoisotopic (exact) mass is 284 g/mol. The third kappa shape index (κ3) is 5.28. The summed E-state index contributed by atoms with van der Waals surface area (Å²) in [5.74, 6) is 3.09. The minimum Gasteiger partial charge on any atom is -0.312 e. The van der Waals surface area contributed by atoms with Gasteiger partial charge in [0.2, 0.25) is 0 Å². The molecule has 0 bridgehead atoms. The van der Waals surface area contributed by atoms with Crippen LogP contribution < -0.4 is 5.32 Å². The Hall–Kier alpha value is 0.270. The molecule has 0 amide bonds. The summed E-state index contributed by atoms with van der Waals surface area (Å²) < 4.78 is 0. The van der Waals surface area contributed by atoms with E-state index in [1.54, 1.807) is 0 Å². The quantitative estimate of drug-likeness (QED) is 0.834. The van der Waals surface area contributed by atoms with Gasteiger partial charge < -0.3 is 10.2 Å². The van der Waals surface area contributed by atoms with Gasteiger partial charge in [0.1, 0.15) is 0 Å². The molecule has 1 saturated carbocycles. The van der Waals surface area contributed by atoms with E-state index >= 15 is 0 Å². The van der Waals surface area contributed by atoms with Crippen molar-refractivity contribution in [1.29, 1.82) is 0 Å². The zero-order chi connectivity index (χ0) is 13.5. The maximum Gasteiger partial charge on any atom is 0.0223 e. The second-order valence-electron chi connectivity index (χ2n) is 6.63. The van der Waals surface area contributed by atoms with Gasteiger partial charge >= 0.3 is 0 Å². The van der Waals surface area contributed by atoms with Crippen LogP contribution in [0.1, 0.15) is 45.4 Å². The Balaban J connectivity index is 1.83. The lowest BCUT2D eigenvalue weighted by molar-refractivity contribution is 0.193. The summed E-state index contributed by atoms with van der Waals surface area (Å²) in [7, 11) is 0. The summed E-state index contributed by atoms with van der Waals surface area (Å²) in [4.78, 5) is 2.74. The van der Waals surface area contributed by atoms with E-state index in [9.17, 15) is 0 Å². The van der Waals surface area contributed by atoms with Crippen molar-refractivity contribution in [3.63, 3.8) is 0 Å². The zero-order valence-corrected chi connectivity index (χ0v) is 13.7. The normalized spacial score (nSPS) is 29.1. The van der Waals surface area contributed by atoms with E-state index in [-0.39, 0.29) is 0 Å². The standard InChI is InChI=1S/C16H32N2S/c1-14(13-19-2)11-18-10-6-9-17-16(12-18)15-7-4-3-5-8-15/h14-17H,3-13H2,1-2H3. The molecule has 1 saturated heterocycles. The predicted molar refractivity (Wildman–Crippen MR) is 87.0 cm³/mol. The first-order valence-electron chi connectivity index (χ1n) is 8.24. The highest BCUT2D eigenvalue weighted by molar-refractivity contribution is 7.98. The highest BCUT2D eigenvalue weighted by atomic mass is 32.2. The molecule has 0 aromatic rings. The maximum absolute atomic E-state index is 3.84. The molecule has 2 aliphatic rings. The summed E-state index contributed by atoms with van der Waals surface area (Å²) in [5, 5.41) is 3.84. The smallest absolute Gasteiger partial charge is 0.0223 e. The lowest BCUT2D eigenvalue weighted by Gasteiger charge is -2.33. The number of hydrogen-bond acceptors (Lipinski definition) is 3.